The second kappa shape index (κ2) is 10.4. The summed E-state index contributed by atoms with van der Waals surface area (Å²) in [5, 5.41) is 3.17. The fourth-order valence-corrected chi connectivity index (χ4v) is 3.55. The van der Waals surface area contributed by atoms with E-state index < -0.39 is 6.04 Å². The fraction of sp³-hybridized carbons (Fsp3) is 0.478. The van der Waals surface area contributed by atoms with Crippen LogP contribution in [0.4, 0.5) is 11.8 Å². The minimum absolute atomic E-state index is 0.132. The highest BCUT2D eigenvalue weighted by Gasteiger charge is 2.23. The topological polar surface area (TPSA) is 114 Å². The molecule has 1 aromatic carbocycles. The monoisotopic (exact) mass is 440 g/mol. The average Bonchev–Trinajstić information content (AvgIpc) is 3.23. The van der Waals surface area contributed by atoms with E-state index >= 15 is 0 Å². The Hall–Kier alpha value is -3.20. The van der Waals surface area contributed by atoms with Crippen molar-refractivity contribution in [3.8, 4) is 5.75 Å². The first-order valence-corrected chi connectivity index (χ1v) is 10.9. The lowest BCUT2D eigenvalue weighted by molar-refractivity contribution is -0.130. The van der Waals surface area contributed by atoms with Crippen molar-refractivity contribution in [2.75, 3.05) is 37.5 Å². The van der Waals surface area contributed by atoms with E-state index in [4.69, 9.17) is 10.5 Å². The first-order chi connectivity index (χ1) is 15.3. The van der Waals surface area contributed by atoms with Crippen molar-refractivity contribution in [2.24, 2.45) is 5.73 Å². The summed E-state index contributed by atoms with van der Waals surface area (Å²) in [6.07, 6.45) is 3.43. The second-order valence-corrected chi connectivity index (χ2v) is 8.40. The number of nitrogens with one attached hydrogen (secondary N) is 1. The lowest BCUT2D eigenvalue weighted by atomic mass is 10.1. The van der Waals surface area contributed by atoms with E-state index in [1.54, 1.807) is 37.3 Å². The molecule has 1 aromatic heterocycles. The molecule has 1 aliphatic heterocycles. The molecule has 0 fully saturated rings. The molecule has 0 saturated heterocycles. The van der Waals surface area contributed by atoms with Crippen LogP contribution in [0.2, 0.25) is 0 Å². The van der Waals surface area contributed by atoms with Crippen molar-refractivity contribution in [3.05, 3.63) is 41.6 Å². The molecule has 172 valence electrons. The van der Waals surface area contributed by atoms with E-state index in [2.05, 4.69) is 15.3 Å². The Bertz CT molecular complexity index is 962. The molecule has 3 rings (SSSR count). The predicted molar refractivity (Wildman–Crippen MR) is 124 cm³/mol. The van der Waals surface area contributed by atoms with Gasteiger partial charge in [0.2, 0.25) is 11.9 Å². The number of aromatic nitrogens is 2. The molecule has 9 heteroatoms. The zero-order chi connectivity index (χ0) is 23.3. The van der Waals surface area contributed by atoms with Crippen LogP contribution < -0.4 is 20.7 Å². The maximum Gasteiger partial charge on any atom is 0.259 e. The van der Waals surface area contributed by atoms with E-state index in [9.17, 15) is 9.59 Å². The number of ether oxygens (including phenoxy) is 1. The van der Waals surface area contributed by atoms with Crippen molar-refractivity contribution in [3.63, 3.8) is 0 Å². The lowest BCUT2D eigenvalue weighted by Crippen LogP contribution is -2.40. The average molecular weight is 441 g/mol. The third-order valence-corrected chi connectivity index (χ3v) is 5.17. The van der Waals surface area contributed by atoms with Crippen molar-refractivity contribution >= 4 is 23.6 Å². The second-order valence-electron chi connectivity index (χ2n) is 8.40. The van der Waals surface area contributed by atoms with Crippen LogP contribution in [0, 0.1) is 0 Å². The molecule has 1 aliphatic rings. The third kappa shape index (κ3) is 5.73. The van der Waals surface area contributed by atoms with Gasteiger partial charge in [-0.1, -0.05) is 0 Å². The van der Waals surface area contributed by atoms with Gasteiger partial charge in [0.15, 0.2) is 0 Å². The summed E-state index contributed by atoms with van der Waals surface area (Å²) in [5.74, 6) is 1.48. The van der Waals surface area contributed by atoms with Gasteiger partial charge in [-0.2, -0.15) is 4.98 Å². The summed E-state index contributed by atoms with van der Waals surface area (Å²) < 4.78 is 5.56. The Morgan fingerprint density at radius 1 is 1.25 bits per heavy atom. The number of carbonyl (C=O) groups is 2. The highest BCUT2D eigenvalue weighted by Crippen LogP contribution is 2.27. The minimum Gasteiger partial charge on any atom is -0.493 e. The fourth-order valence-electron chi connectivity index (χ4n) is 3.55. The molecule has 2 aromatic rings. The van der Waals surface area contributed by atoms with Gasteiger partial charge in [-0.05, 0) is 56.5 Å². The number of likely N-dealkylation sites (N-methyl/N-ethyl adjacent to an activating group) is 1. The first kappa shape index (κ1) is 23.5. The summed E-state index contributed by atoms with van der Waals surface area (Å²) >= 11 is 0. The van der Waals surface area contributed by atoms with Gasteiger partial charge < -0.3 is 20.7 Å². The van der Waals surface area contributed by atoms with Crippen LogP contribution in [0.3, 0.4) is 0 Å². The molecule has 0 bridgehead atoms. The SMILES string of the molecule is CC(C)Nc1nccc(N(CCC[C@H](N)C(=O)N(C)C)C(=O)c2ccc3c(c2)CCO3)n1. The number of hydrogen-bond acceptors (Lipinski definition) is 7. The van der Waals surface area contributed by atoms with Gasteiger partial charge in [0.05, 0.1) is 12.6 Å². The number of nitrogens with two attached hydrogens (primary N) is 1. The molecule has 0 aliphatic carbocycles. The molecule has 2 amide bonds. The van der Waals surface area contributed by atoms with E-state index in [1.807, 2.05) is 26.0 Å². The number of carbonyl (C=O) groups excluding carboxylic acids is 2. The van der Waals surface area contributed by atoms with Crippen LogP contribution in [0.1, 0.15) is 42.6 Å². The summed E-state index contributed by atoms with van der Waals surface area (Å²) in [6.45, 7) is 4.99. The highest BCUT2D eigenvalue weighted by atomic mass is 16.5. The standard InChI is InChI=1S/C23H32N6O3/c1-15(2)26-23-25-11-9-20(27-23)29(12-5-6-18(24)22(31)28(3)4)21(30)17-7-8-19-16(14-17)10-13-32-19/h7-9,11,14-15,18H,5-6,10,12-13,24H2,1-4H3,(H,25,26,27)/t18-/m0/s1. The number of fused-ring (bicyclic) bond motifs is 1. The van der Waals surface area contributed by atoms with Crippen molar-refractivity contribution in [1.82, 2.24) is 14.9 Å². The van der Waals surface area contributed by atoms with Gasteiger partial charge in [-0.25, -0.2) is 4.98 Å². The number of nitrogens with zero attached hydrogens (tertiary/aromatic N) is 4. The number of amides is 2. The van der Waals surface area contributed by atoms with Gasteiger partial charge in [-0.3, -0.25) is 14.5 Å². The molecule has 1 atom stereocenters. The van der Waals surface area contributed by atoms with Crippen LogP contribution in [-0.4, -0.2) is 66.0 Å². The Balaban J connectivity index is 1.82. The maximum atomic E-state index is 13.5. The van der Waals surface area contributed by atoms with Gasteiger partial charge in [-0.15, -0.1) is 0 Å². The maximum absolute atomic E-state index is 13.5. The van der Waals surface area contributed by atoms with E-state index in [-0.39, 0.29) is 17.9 Å². The van der Waals surface area contributed by atoms with Crippen molar-refractivity contribution in [1.29, 1.82) is 0 Å². The van der Waals surface area contributed by atoms with Gasteiger partial charge in [0.25, 0.3) is 5.91 Å². The smallest absolute Gasteiger partial charge is 0.259 e. The van der Waals surface area contributed by atoms with E-state index in [1.165, 1.54) is 4.90 Å². The number of anilines is 2. The van der Waals surface area contributed by atoms with Crippen molar-refractivity contribution < 1.29 is 14.3 Å². The van der Waals surface area contributed by atoms with Crippen LogP contribution >= 0.6 is 0 Å². The Kier molecular flexibility index (Phi) is 7.63. The predicted octanol–water partition coefficient (Wildman–Crippen LogP) is 2.07. The summed E-state index contributed by atoms with van der Waals surface area (Å²) in [7, 11) is 3.36. The summed E-state index contributed by atoms with van der Waals surface area (Å²) in [6, 6.07) is 6.75. The highest BCUT2D eigenvalue weighted by molar-refractivity contribution is 6.05. The first-order valence-electron chi connectivity index (χ1n) is 10.9. The van der Waals surface area contributed by atoms with E-state index in [0.717, 1.165) is 17.7 Å². The Morgan fingerprint density at radius 3 is 2.75 bits per heavy atom. The molecule has 0 saturated carbocycles. The quantitative estimate of drug-likeness (QED) is 0.614. The van der Waals surface area contributed by atoms with Crippen molar-refractivity contribution in [2.45, 2.75) is 45.2 Å². The zero-order valence-corrected chi connectivity index (χ0v) is 19.2. The van der Waals surface area contributed by atoms with E-state index in [0.29, 0.717) is 43.3 Å². The van der Waals surface area contributed by atoms with Gasteiger partial charge in [0, 0.05) is 44.9 Å². The number of hydrogen-bond donors (Lipinski definition) is 2. The number of benzene rings is 1. The van der Waals surface area contributed by atoms with Crippen LogP contribution in [-0.2, 0) is 11.2 Å². The van der Waals surface area contributed by atoms with Crippen LogP contribution in [0.5, 0.6) is 5.75 Å². The molecule has 0 spiro atoms. The molecule has 3 N–H and O–H groups in total. The van der Waals surface area contributed by atoms with Gasteiger partial charge >= 0.3 is 0 Å². The molecular formula is C23H32N6O3. The van der Waals surface area contributed by atoms with Crippen LogP contribution in [0.15, 0.2) is 30.5 Å². The Labute approximate surface area is 189 Å². The minimum atomic E-state index is -0.609. The largest absolute Gasteiger partial charge is 0.493 e. The normalized spacial score (nSPS) is 13.3. The number of rotatable bonds is 9. The summed E-state index contributed by atoms with van der Waals surface area (Å²) in [5.41, 5.74) is 7.62. The Morgan fingerprint density at radius 2 is 2.03 bits per heavy atom. The molecule has 2 heterocycles. The third-order valence-electron chi connectivity index (χ3n) is 5.17. The zero-order valence-electron chi connectivity index (χ0n) is 19.2. The summed E-state index contributed by atoms with van der Waals surface area (Å²) in [4.78, 5) is 37.5. The molecular weight excluding hydrogens is 408 g/mol. The molecule has 9 nitrogen and oxygen atoms in total. The van der Waals surface area contributed by atoms with Crippen LogP contribution in [0.25, 0.3) is 0 Å². The molecule has 0 radical (unpaired) electrons. The lowest BCUT2D eigenvalue weighted by Gasteiger charge is -2.24. The molecule has 32 heavy (non-hydrogen) atoms. The van der Waals surface area contributed by atoms with Gasteiger partial charge in [0.1, 0.15) is 11.6 Å². The molecule has 0 unspecified atom stereocenters.